The Kier molecular flexibility index (Phi) is 13.3. The Morgan fingerprint density at radius 2 is 1.79 bits per heavy atom. The summed E-state index contributed by atoms with van der Waals surface area (Å²) in [6.07, 6.45) is 3.58. The number of hydrogen-bond donors (Lipinski definition) is 3. The van der Waals surface area contributed by atoms with Gasteiger partial charge in [-0.05, 0) is 38.0 Å². The number of guanidine groups is 1. The lowest BCUT2D eigenvalue weighted by molar-refractivity contribution is 0.0955. The van der Waals surface area contributed by atoms with E-state index >= 15 is 0 Å². The van der Waals surface area contributed by atoms with Crippen LogP contribution in [0.2, 0.25) is 0 Å². The van der Waals surface area contributed by atoms with Crippen LogP contribution < -0.4 is 16.0 Å². The first-order chi connectivity index (χ1) is 11.2. The van der Waals surface area contributed by atoms with Crippen molar-refractivity contribution in [2.24, 2.45) is 4.99 Å². The molecule has 0 radical (unpaired) electrons. The zero-order valence-corrected chi connectivity index (χ0v) is 17.4. The molecule has 0 bridgehead atoms. The van der Waals surface area contributed by atoms with Gasteiger partial charge < -0.3 is 16.0 Å². The molecule has 0 heterocycles. The highest BCUT2D eigenvalue weighted by Crippen LogP contribution is 2.06. The molecule has 0 fully saturated rings. The molecule has 5 nitrogen and oxygen atoms in total. The topological polar surface area (TPSA) is 65.5 Å². The van der Waals surface area contributed by atoms with E-state index < -0.39 is 0 Å². The average Bonchev–Trinajstić information content (AvgIpc) is 2.57. The van der Waals surface area contributed by atoms with E-state index in [0.29, 0.717) is 18.7 Å². The van der Waals surface area contributed by atoms with Crippen LogP contribution in [-0.4, -0.2) is 31.5 Å². The average molecular weight is 446 g/mol. The number of nitrogens with one attached hydrogen (secondary N) is 3. The van der Waals surface area contributed by atoms with E-state index in [4.69, 9.17) is 0 Å². The van der Waals surface area contributed by atoms with Gasteiger partial charge in [-0.1, -0.05) is 31.9 Å². The third-order valence-electron chi connectivity index (χ3n) is 3.36. The molecule has 1 aromatic rings. The van der Waals surface area contributed by atoms with Crippen LogP contribution in [-0.2, 0) is 6.54 Å². The predicted molar refractivity (Wildman–Crippen MR) is 112 cm³/mol. The lowest BCUT2D eigenvalue weighted by Gasteiger charge is -2.11. The summed E-state index contributed by atoms with van der Waals surface area (Å²) < 4.78 is 0. The van der Waals surface area contributed by atoms with E-state index in [9.17, 15) is 4.79 Å². The van der Waals surface area contributed by atoms with Crippen LogP contribution in [0, 0.1) is 0 Å². The first kappa shape index (κ1) is 22.7. The number of carbonyl (C=O) groups is 1. The maximum absolute atomic E-state index is 11.9. The number of carbonyl (C=O) groups excluding carboxylic acids is 1. The van der Waals surface area contributed by atoms with Gasteiger partial charge in [0, 0.05) is 25.2 Å². The van der Waals surface area contributed by atoms with E-state index in [0.717, 1.165) is 31.0 Å². The van der Waals surface area contributed by atoms with Gasteiger partial charge >= 0.3 is 0 Å². The summed E-state index contributed by atoms with van der Waals surface area (Å²) >= 11 is 0. The molecule has 0 aromatic heterocycles. The summed E-state index contributed by atoms with van der Waals surface area (Å²) in [4.78, 5) is 16.5. The Bertz CT molecular complexity index is 506. The SMILES string of the molecule is CCCCCNC(=NCc1cccc(C(=O)NCC)c1)NCC.I. The number of nitrogens with zero attached hydrogens (tertiary/aromatic N) is 1. The van der Waals surface area contributed by atoms with Gasteiger partial charge in [0.25, 0.3) is 5.91 Å². The molecule has 0 spiro atoms. The van der Waals surface area contributed by atoms with Crippen molar-refractivity contribution >= 4 is 35.8 Å². The lowest BCUT2D eigenvalue weighted by Crippen LogP contribution is -2.37. The number of halogens is 1. The largest absolute Gasteiger partial charge is 0.357 e. The van der Waals surface area contributed by atoms with Gasteiger partial charge in [0.1, 0.15) is 0 Å². The minimum absolute atomic E-state index is 0. The van der Waals surface area contributed by atoms with Crippen LogP contribution in [0.4, 0.5) is 0 Å². The quantitative estimate of drug-likeness (QED) is 0.236. The zero-order chi connectivity index (χ0) is 16.9. The zero-order valence-electron chi connectivity index (χ0n) is 15.0. The first-order valence-electron chi connectivity index (χ1n) is 8.60. The monoisotopic (exact) mass is 446 g/mol. The standard InChI is InChI=1S/C18H30N4O.HI/c1-4-7-8-12-21-18(20-6-3)22-14-15-10-9-11-16(13-15)17(23)19-5-2;/h9-11,13H,4-8,12,14H2,1-3H3,(H,19,23)(H2,20,21,22);1H. The molecule has 6 heteroatoms. The second-order valence-corrected chi connectivity index (χ2v) is 5.39. The van der Waals surface area contributed by atoms with Crippen LogP contribution in [0.25, 0.3) is 0 Å². The number of aliphatic imine (C=N–C) groups is 1. The van der Waals surface area contributed by atoms with E-state index in [1.165, 1.54) is 12.8 Å². The Morgan fingerprint density at radius 3 is 2.46 bits per heavy atom. The molecule has 0 saturated heterocycles. The molecule has 3 N–H and O–H groups in total. The highest BCUT2D eigenvalue weighted by Gasteiger charge is 2.04. The smallest absolute Gasteiger partial charge is 0.251 e. The number of rotatable bonds is 9. The van der Waals surface area contributed by atoms with Crippen molar-refractivity contribution in [2.45, 2.75) is 46.6 Å². The van der Waals surface area contributed by atoms with Crippen LogP contribution in [0.15, 0.2) is 29.3 Å². The molecule has 1 rings (SSSR count). The number of amides is 1. The fourth-order valence-corrected chi connectivity index (χ4v) is 2.17. The molecule has 1 aromatic carbocycles. The van der Waals surface area contributed by atoms with E-state index in [1.807, 2.05) is 31.2 Å². The first-order valence-corrected chi connectivity index (χ1v) is 8.60. The Morgan fingerprint density at radius 1 is 1.04 bits per heavy atom. The highest BCUT2D eigenvalue weighted by atomic mass is 127. The molecular weight excluding hydrogens is 415 g/mol. The van der Waals surface area contributed by atoms with E-state index in [1.54, 1.807) is 0 Å². The van der Waals surface area contributed by atoms with Crippen molar-refractivity contribution in [1.29, 1.82) is 0 Å². The molecule has 1 amide bonds. The second kappa shape index (κ2) is 14.1. The molecule has 0 saturated carbocycles. The third-order valence-corrected chi connectivity index (χ3v) is 3.36. The number of benzene rings is 1. The summed E-state index contributed by atoms with van der Waals surface area (Å²) in [6.45, 7) is 9.11. The lowest BCUT2D eigenvalue weighted by atomic mass is 10.1. The van der Waals surface area contributed by atoms with Gasteiger partial charge in [0.2, 0.25) is 0 Å². The van der Waals surface area contributed by atoms with Crippen molar-refractivity contribution < 1.29 is 4.79 Å². The summed E-state index contributed by atoms with van der Waals surface area (Å²) in [5.41, 5.74) is 1.71. The van der Waals surface area contributed by atoms with Gasteiger partial charge in [-0.2, -0.15) is 0 Å². The minimum Gasteiger partial charge on any atom is -0.357 e. The highest BCUT2D eigenvalue weighted by molar-refractivity contribution is 14.0. The molecule has 24 heavy (non-hydrogen) atoms. The Balaban J connectivity index is 0.00000529. The maximum Gasteiger partial charge on any atom is 0.251 e. The van der Waals surface area contributed by atoms with E-state index in [2.05, 4.69) is 34.8 Å². The molecule has 0 aliphatic rings. The van der Waals surface area contributed by atoms with Gasteiger partial charge in [-0.15, -0.1) is 24.0 Å². The van der Waals surface area contributed by atoms with Crippen molar-refractivity contribution in [3.8, 4) is 0 Å². The molecular formula is C18H31IN4O. The normalized spacial score (nSPS) is 10.7. The Labute approximate surface area is 163 Å². The van der Waals surface area contributed by atoms with Gasteiger partial charge in [-0.3, -0.25) is 4.79 Å². The van der Waals surface area contributed by atoms with Gasteiger partial charge in [0.15, 0.2) is 5.96 Å². The van der Waals surface area contributed by atoms with Gasteiger partial charge in [-0.25, -0.2) is 4.99 Å². The summed E-state index contributed by atoms with van der Waals surface area (Å²) in [5.74, 6) is 0.787. The Hall–Kier alpha value is -1.31. The molecule has 0 atom stereocenters. The van der Waals surface area contributed by atoms with Crippen molar-refractivity contribution in [3.63, 3.8) is 0 Å². The fourth-order valence-electron chi connectivity index (χ4n) is 2.17. The summed E-state index contributed by atoms with van der Waals surface area (Å²) in [6, 6.07) is 7.62. The third kappa shape index (κ3) is 9.10. The van der Waals surface area contributed by atoms with Gasteiger partial charge in [0.05, 0.1) is 6.54 Å². The van der Waals surface area contributed by atoms with Crippen LogP contribution in [0.3, 0.4) is 0 Å². The summed E-state index contributed by atoms with van der Waals surface area (Å²) in [5, 5.41) is 9.40. The van der Waals surface area contributed by atoms with E-state index in [-0.39, 0.29) is 29.9 Å². The summed E-state index contributed by atoms with van der Waals surface area (Å²) in [7, 11) is 0. The number of hydrogen-bond acceptors (Lipinski definition) is 2. The molecule has 136 valence electrons. The molecule has 0 unspecified atom stereocenters. The van der Waals surface area contributed by atoms with Crippen LogP contribution in [0.1, 0.15) is 56.0 Å². The fraction of sp³-hybridized carbons (Fsp3) is 0.556. The molecule has 0 aliphatic heterocycles. The maximum atomic E-state index is 11.9. The second-order valence-electron chi connectivity index (χ2n) is 5.39. The molecule has 0 aliphatic carbocycles. The van der Waals surface area contributed by atoms with Crippen LogP contribution in [0.5, 0.6) is 0 Å². The number of unbranched alkanes of at least 4 members (excludes halogenated alkanes) is 2. The van der Waals surface area contributed by atoms with Crippen molar-refractivity contribution in [1.82, 2.24) is 16.0 Å². The van der Waals surface area contributed by atoms with Crippen molar-refractivity contribution in [3.05, 3.63) is 35.4 Å². The van der Waals surface area contributed by atoms with Crippen molar-refractivity contribution in [2.75, 3.05) is 19.6 Å². The van der Waals surface area contributed by atoms with Crippen LogP contribution >= 0.6 is 24.0 Å². The minimum atomic E-state index is -0.0390. The predicted octanol–water partition coefficient (Wildman–Crippen LogP) is 3.30.